The number of rotatable bonds is 12. The van der Waals surface area contributed by atoms with Gasteiger partial charge < -0.3 is 5.32 Å². The van der Waals surface area contributed by atoms with Crippen molar-refractivity contribution in [3.05, 3.63) is 35.9 Å². The van der Waals surface area contributed by atoms with E-state index < -0.39 is 0 Å². The third kappa shape index (κ3) is 7.69. The molecule has 0 heterocycles. The van der Waals surface area contributed by atoms with Crippen molar-refractivity contribution < 1.29 is 0 Å². The van der Waals surface area contributed by atoms with Gasteiger partial charge in [0.15, 0.2) is 0 Å². The number of nitrogens with one attached hydrogen (secondary N) is 1. The predicted octanol–water partition coefficient (Wildman–Crippen LogP) is 5.87. The van der Waals surface area contributed by atoms with Gasteiger partial charge in [0.2, 0.25) is 0 Å². The van der Waals surface area contributed by atoms with Crippen molar-refractivity contribution in [2.24, 2.45) is 0 Å². The molecule has 0 bridgehead atoms. The fourth-order valence-electron chi connectivity index (χ4n) is 2.68. The molecule has 1 nitrogen and oxygen atoms in total. The predicted molar refractivity (Wildman–Crippen MR) is 90.1 cm³/mol. The lowest BCUT2D eigenvalue weighted by molar-refractivity contribution is 0.459. The minimum Gasteiger partial charge on any atom is -0.310 e. The van der Waals surface area contributed by atoms with Crippen LogP contribution < -0.4 is 5.32 Å². The summed E-state index contributed by atoms with van der Waals surface area (Å²) in [4.78, 5) is 0. The van der Waals surface area contributed by atoms with Gasteiger partial charge in [-0.05, 0) is 24.9 Å². The lowest BCUT2D eigenvalue weighted by Crippen LogP contribution is -2.22. The Morgan fingerprint density at radius 3 is 2.10 bits per heavy atom. The van der Waals surface area contributed by atoms with E-state index >= 15 is 0 Å². The van der Waals surface area contributed by atoms with E-state index in [-0.39, 0.29) is 0 Å². The van der Waals surface area contributed by atoms with E-state index in [1.807, 2.05) is 0 Å². The summed E-state index contributed by atoms with van der Waals surface area (Å²) in [6.07, 6.45) is 12.0. The maximum Gasteiger partial charge on any atom is 0.0320 e. The summed E-state index contributed by atoms with van der Waals surface area (Å²) in [7, 11) is 0. The monoisotopic (exact) mass is 275 g/mol. The van der Waals surface area contributed by atoms with Crippen LogP contribution in [0.2, 0.25) is 0 Å². The van der Waals surface area contributed by atoms with E-state index in [1.54, 1.807) is 0 Å². The fourth-order valence-corrected chi connectivity index (χ4v) is 2.68. The van der Waals surface area contributed by atoms with Gasteiger partial charge >= 0.3 is 0 Å². The van der Waals surface area contributed by atoms with Crippen LogP contribution in [0.1, 0.15) is 83.2 Å². The zero-order valence-corrected chi connectivity index (χ0v) is 13.5. The van der Waals surface area contributed by atoms with Crippen LogP contribution in [0.25, 0.3) is 0 Å². The molecule has 0 fully saturated rings. The highest BCUT2D eigenvalue weighted by molar-refractivity contribution is 5.18. The van der Waals surface area contributed by atoms with Crippen LogP contribution in [0.15, 0.2) is 30.3 Å². The van der Waals surface area contributed by atoms with Crippen LogP contribution in [-0.4, -0.2) is 6.54 Å². The van der Waals surface area contributed by atoms with E-state index in [0.717, 1.165) is 6.54 Å². The summed E-state index contributed by atoms with van der Waals surface area (Å²) in [5.41, 5.74) is 1.46. The standard InChI is InChI=1S/C19H33N/c1-3-5-7-12-16-19(18-14-10-9-11-15-18)20-17-13-8-6-4-2/h9-11,14-15,19-20H,3-8,12-13,16-17H2,1-2H3. The van der Waals surface area contributed by atoms with Crippen LogP contribution in [0, 0.1) is 0 Å². The molecule has 20 heavy (non-hydrogen) atoms. The van der Waals surface area contributed by atoms with Gasteiger partial charge in [0.05, 0.1) is 0 Å². The highest BCUT2D eigenvalue weighted by atomic mass is 14.9. The Morgan fingerprint density at radius 1 is 0.800 bits per heavy atom. The lowest BCUT2D eigenvalue weighted by Gasteiger charge is -2.19. The largest absolute Gasteiger partial charge is 0.310 e. The summed E-state index contributed by atoms with van der Waals surface area (Å²) in [6.45, 7) is 5.71. The first-order valence-corrected chi connectivity index (χ1v) is 8.66. The van der Waals surface area contributed by atoms with Crippen molar-refractivity contribution in [1.29, 1.82) is 0 Å². The fraction of sp³-hybridized carbons (Fsp3) is 0.684. The SMILES string of the molecule is CCCCCCNC(CCCCCC)c1ccccc1. The number of hydrogen-bond acceptors (Lipinski definition) is 1. The first kappa shape index (κ1) is 17.2. The molecule has 0 saturated heterocycles. The molecular formula is C19H33N. The molecule has 0 aliphatic heterocycles. The minimum absolute atomic E-state index is 0.551. The zero-order chi connectivity index (χ0) is 14.5. The number of unbranched alkanes of at least 4 members (excludes halogenated alkanes) is 6. The molecule has 0 aromatic heterocycles. The second kappa shape index (κ2) is 12.0. The smallest absolute Gasteiger partial charge is 0.0320 e. The van der Waals surface area contributed by atoms with Gasteiger partial charge in [-0.15, -0.1) is 0 Å². The van der Waals surface area contributed by atoms with E-state index in [4.69, 9.17) is 0 Å². The molecule has 0 spiro atoms. The second-order valence-electron chi connectivity index (χ2n) is 5.83. The molecule has 0 aliphatic rings. The van der Waals surface area contributed by atoms with Gasteiger partial charge in [-0.3, -0.25) is 0 Å². The lowest BCUT2D eigenvalue weighted by atomic mass is 10.00. The molecule has 1 heteroatoms. The first-order valence-electron chi connectivity index (χ1n) is 8.66. The molecule has 1 unspecified atom stereocenters. The second-order valence-corrected chi connectivity index (χ2v) is 5.83. The molecular weight excluding hydrogens is 242 g/mol. The van der Waals surface area contributed by atoms with E-state index in [9.17, 15) is 0 Å². The van der Waals surface area contributed by atoms with Crippen LogP contribution in [0.3, 0.4) is 0 Å². The van der Waals surface area contributed by atoms with Crippen LogP contribution >= 0.6 is 0 Å². The summed E-state index contributed by atoms with van der Waals surface area (Å²) in [5, 5.41) is 3.77. The van der Waals surface area contributed by atoms with Crippen molar-refractivity contribution >= 4 is 0 Å². The summed E-state index contributed by atoms with van der Waals surface area (Å²) >= 11 is 0. The first-order chi connectivity index (χ1) is 9.88. The molecule has 1 aromatic rings. The Bertz CT molecular complexity index is 307. The maximum absolute atomic E-state index is 3.77. The molecule has 1 atom stereocenters. The Morgan fingerprint density at radius 2 is 1.45 bits per heavy atom. The Kier molecular flexibility index (Phi) is 10.3. The van der Waals surface area contributed by atoms with Crippen molar-refractivity contribution in [3.63, 3.8) is 0 Å². The highest BCUT2D eigenvalue weighted by Gasteiger charge is 2.09. The average Bonchev–Trinajstić information content (AvgIpc) is 2.50. The van der Waals surface area contributed by atoms with Gasteiger partial charge in [0.1, 0.15) is 0 Å². The zero-order valence-electron chi connectivity index (χ0n) is 13.5. The molecule has 0 amide bonds. The highest BCUT2D eigenvalue weighted by Crippen LogP contribution is 2.20. The normalized spacial score (nSPS) is 12.5. The van der Waals surface area contributed by atoms with Crippen LogP contribution in [-0.2, 0) is 0 Å². The Balaban J connectivity index is 2.35. The van der Waals surface area contributed by atoms with Gasteiger partial charge in [0.25, 0.3) is 0 Å². The van der Waals surface area contributed by atoms with Crippen molar-refractivity contribution in [1.82, 2.24) is 5.32 Å². The van der Waals surface area contributed by atoms with Crippen molar-refractivity contribution in [3.8, 4) is 0 Å². The molecule has 0 aliphatic carbocycles. The van der Waals surface area contributed by atoms with E-state index in [1.165, 1.54) is 63.4 Å². The van der Waals surface area contributed by atoms with Gasteiger partial charge in [0, 0.05) is 6.04 Å². The Labute approximate surface area is 126 Å². The summed E-state index contributed by atoms with van der Waals surface area (Å²) in [6, 6.07) is 11.5. The molecule has 1 aromatic carbocycles. The van der Waals surface area contributed by atoms with Gasteiger partial charge in [-0.1, -0.05) is 89.1 Å². The van der Waals surface area contributed by atoms with Crippen LogP contribution in [0.5, 0.6) is 0 Å². The minimum atomic E-state index is 0.551. The van der Waals surface area contributed by atoms with Gasteiger partial charge in [-0.25, -0.2) is 0 Å². The topological polar surface area (TPSA) is 12.0 Å². The molecule has 0 saturated carbocycles. The van der Waals surface area contributed by atoms with Crippen LogP contribution in [0.4, 0.5) is 0 Å². The third-order valence-corrected chi connectivity index (χ3v) is 3.97. The van der Waals surface area contributed by atoms with Gasteiger partial charge in [-0.2, -0.15) is 0 Å². The summed E-state index contributed by atoms with van der Waals surface area (Å²) < 4.78 is 0. The Hall–Kier alpha value is -0.820. The summed E-state index contributed by atoms with van der Waals surface area (Å²) in [5.74, 6) is 0. The average molecular weight is 275 g/mol. The number of hydrogen-bond donors (Lipinski definition) is 1. The number of benzene rings is 1. The molecule has 0 radical (unpaired) electrons. The third-order valence-electron chi connectivity index (χ3n) is 3.97. The van der Waals surface area contributed by atoms with E-state index in [2.05, 4.69) is 49.5 Å². The molecule has 114 valence electrons. The molecule has 1 N–H and O–H groups in total. The maximum atomic E-state index is 3.77. The van der Waals surface area contributed by atoms with Crippen molar-refractivity contribution in [2.75, 3.05) is 6.54 Å². The quantitative estimate of drug-likeness (QED) is 0.470. The molecule has 1 rings (SSSR count). The van der Waals surface area contributed by atoms with E-state index in [0.29, 0.717) is 6.04 Å². The van der Waals surface area contributed by atoms with Crippen molar-refractivity contribution in [2.45, 2.75) is 77.7 Å².